The molecule has 0 aromatic rings. The molecule has 230 valence electrons. The third-order valence-corrected chi connectivity index (χ3v) is 10.2. The molecule has 0 N–H and O–H groups in total. The van der Waals surface area contributed by atoms with Crippen LogP contribution in [-0.2, 0) is 23.7 Å². The number of methoxy groups -OCH3 is 2. The van der Waals surface area contributed by atoms with Crippen LogP contribution in [-0.4, -0.2) is 95.5 Å². The van der Waals surface area contributed by atoms with Gasteiger partial charge in [0.1, 0.15) is 30.1 Å². The van der Waals surface area contributed by atoms with Crippen molar-refractivity contribution in [3.05, 3.63) is 23.8 Å². The minimum absolute atomic E-state index is 0.0772. The highest BCUT2D eigenvalue weighted by atomic mass is 32.2. The van der Waals surface area contributed by atoms with E-state index >= 15 is 0 Å². The first-order valence-corrected chi connectivity index (χ1v) is 16.3. The summed E-state index contributed by atoms with van der Waals surface area (Å²) in [5.74, 6) is 2.29. The Kier molecular flexibility index (Phi) is 14.0. The predicted molar refractivity (Wildman–Crippen MR) is 166 cm³/mol. The van der Waals surface area contributed by atoms with Gasteiger partial charge in [0.2, 0.25) is 0 Å². The Labute approximate surface area is 250 Å². The Morgan fingerprint density at radius 2 is 1.68 bits per heavy atom. The lowest BCUT2D eigenvalue weighted by Gasteiger charge is -2.45. The van der Waals surface area contributed by atoms with Crippen LogP contribution in [0.2, 0.25) is 0 Å². The zero-order valence-electron chi connectivity index (χ0n) is 26.1. The van der Waals surface area contributed by atoms with Gasteiger partial charge in [0.15, 0.2) is 0 Å². The van der Waals surface area contributed by atoms with E-state index in [9.17, 15) is 9.59 Å². The summed E-state index contributed by atoms with van der Waals surface area (Å²) < 4.78 is 23.2. The van der Waals surface area contributed by atoms with Crippen molar-refractivity contribution < 1.29 is 28.5 Å². The maximum absolute atomic E-state index is 13.8. The second-order valence-electron chi connectivity index (χ2n) is 11.9. The third-order valence-electron chi connectivity index (χ3n) is 7.46. The highest BCUT2D eigenvalue weighted by Gasteiger charge is 2.61. The van der Waals surface area contributed by atoms with Gasteiger partial charge in [-0.3, -0.25) is 14.6 Å². The van der Waals surface area contributed by atoms with Crippen molar-refractivity contribution in [2.24, 2.45) is 5.92 Å². The van der Waals surface area contributed by atoms with Gasteiger partial charge in [0.05, 0.1) is 23.8 Å². The summed E-state index contributed by atoms with van der Waals surface area (Å²) in [7, 11) is 3.19. The fourth-order valence-corrected chi connectivity index (χ4v) is 8.26. The summed E-state index contributed by atoms with van der Waals surface area (Å²) >= 11 is 3.58. The smallest absolute Gasteiger partial charge is 0.325 e. The number of hydrogen-bond donors (Lipinski definition) is 0. The predicted octanol–water partition coefficient (Wildman–Crippen LogP) is 6.31. The Morgan fingerprint density at radius 1 is 1.07 bits per heavy atom. The lowest BCUT2D eigenvalue weighted by atomic mass is 9.73. The fourth-order valence-electron chi connectivity index (χ4n) is 5.61. The van der Waals surface area contributed by atoms with Gasteiger partial charge in [0.25, 0.3) is 0 Å². The molecular formula is C30H52N2O6S2. The van der Waals surface area contributed by atoms with Crippen LogP contribution in [0.25, 0.3) is 0 Å². The van der Waals surface area contributed by atoms with E-state index in [0.717, 1.165) is 29.1 Å². The minimum Gasteiger partial charge on any atom is -0.366 e. The van der Waals surface area contributed by atoms with E-state index in [1.807, 2.05) is 0 Å². The zero-order chi connectivity index (χ0) is 30.1. The van der Waals surface area contributed by atoms with Gasteiger partial charge >= 0.3 is 6.03 Å². The van der Waals surface area contributed by atoms with E-state index in [2.05, 4.69) is 54.2 Å². The summed E-state index contributed by atoms with van der Waals surface area (Å²) in [5, 5.41) is 0. The molecule has 10 heteroatoms. The largest absolute Gasteiger partial charge is 0.366 e. The number of Topliss-reactive ketones (excluding diaryl/α,β-unsaturated/α-hetero) is 1. The van der Waals surface area contributed by atoms with Crippen LogP contribution in [0.1, 0.15) is 74.1 Å². The molecule has 2 fully saturated rings. The standard InChI is InChI=1S/C30H52N2O6S2/c1-21(2)13-23(5)15-29(7)30(8,32(20-36-10)28(34)31(29)19-35-9)16-25(14-24(6)33)11-12-37-26-17-40-27(18-39-26)38-22(3)4/h16,21-22,26-27H,5,11-15,17-20H2,1-4,6-10H3. The van der Waals surface area contributed by atoms with Gasteiger partial charge in [-0.15, -0.1) is 23.5 Å². The monoisotopic (exact) mass is 600 g/mol. The maximum atomic E-state index is 13.8. The Morgan fingerprint density at radius 3 is 2.20 bits per heavy atom. The van der Waals surface area contributed by atoms with Crippen molar-refractivity contribution in [1.82, 2.24) is 9.80 Å². The van der Waals surface area contributed by atoms with Crippen molar-refractivity contribution in [2.45, 2.75) is 102 Å². The van der Waals surface area contributed by atoms with E-state index in [0.29, 0.717) is 31.8 Å². The van der Waals surface area contributed by atoms with Gasteiger partial charge < -0.3 is 18.9 Å². The third kappa shape index (κ3) is 9.23. The van der Waals surface area contributed by atoms with Gasteiger partial charge in [0, 0.05) is 32.1 Å². The first-order chi connectivity index (χ1) is 18.8. The fraction of sp³-hybridized carbons (Fsp3) is 0.800. The second-order valence-corrected chi connectivity index (χ2v) is 14.3. The molecule has 8 nitrogen and oxygen atoms in total. The van der Waals surface area contributed by atoms with Crippen molar-refractivity contribution in [3.8, 4) is 0 Å². The minimum atomic E-state index is -0.778. The zero-order valence-corrected chi connectivity index (χ0v) is 27.8. The lowest BCUT2D eigenvalue weighted by Crippen LogP contribution is -2.58. The van der Waals surface area contributed by atoms with Crippen LogP contribution < -0.4 is 0 Å². The molecule has 40 heavy (non-hydrogen) atoms. The van der Waals surface area contributed by atoms with Crippen molar-refractivity contribution in [1.29, 1.82) is 0 Å². The van der Waals surface area contributed by atoms with Crippen LogP contribution in [0.4, 0.5) is 4.79 Å². The van der Waals surface area contributed by atoms with Gasteiger partial charge in [-0.1, -0.05) is 37.6 Å². The van der Waals surface area contributed by atoms with Crippen LogP contribution in [0.15, 0.2) is 23.8 Å². The quantitative estimate of drug-likeness (QED) is 0.180. The first-order valence-electron chi connectivity index (χ1n) is 14.2. The van der Waals surface area contributed by atoms with E-state index in [4.69, 9.17) is 18.9 Å². The number of amides is 2. The molecule has 0 bridgehead atoms. The summed E-state index contributed by atoms with van der Waals surface area (Å²) in [4.78, 5) is 29.7. The number of ketones is 1. The maximum Gasteiger partial charge on any atom is 0.325 e. The number of hydrogen-bond acceptors (Lipinski definition) is 8. The van der Waals surface area contributed by atoms with E-state index < -0.39 is 11.1 Å². The summed E-state index contributed by atoms with van der Waals surface area (Å²) in [6.07, 6.45) is 4.70. The molecule has 0 aromatic heterocycles. The second kappa shape index (κ2) is 16.0. The number of carbonyl (C=O) groups excluding carboxylic acids is 2. The number of rotatable bonds is 17. The van der Waals surface area contributed by atoms with Crippen LogP contribution in [0, 0.1) is 5.92 Å². The van der Waals surface area contributed by atoms with Crippen molar-refractivity contribution in [2.75, 3.05) is 45.8 Å². The normalized spacial score (nSPS) is 27.8. The molecule has 4 atom stereocenters. The molecule has 0 spiro atoms. The van der Waals surface area contributed by atoms with Gasteiger partial charge in [-0.05, 0) is 59.8 Å². The topological polar surface area (TPSA) is 77.5 Å². The van der Waals surface area contributed by atoms with E-state index in [-0.39, 0.29) is 42.3 Å². The molecule has 2 amide bonds. The number of thioether (sulfide) groups is 2. The molecular weight excluding hydrogens is 548 g/mol. The van der Waals surface area contributed by atoms with E-state index in [1.54, 1.807) is 54.5 Å². The average Bonchev–Trinajstić information content (AvgIpc) is 2.97. The Bertz CT molecular complexity index is 889. The molecule has 0 saturated carbocycles. The SMILES string of the molecule is C=C(CC(C)C)CC1(C)N(COC)C(=O)N(COC)C1(C)C=C(CCOC1CSC(OC(C)C)CS1)CC(C)=O. The molecule has 2 heterocycles. The number of ether oxygens (including phenoxy) is 4. The molecule has 2 saturated heterocycles. The highest BCUT2D eigenvalue weighted by molar-refractivity contribution is 8.06. The van der Waals surface area contributed by atoms with E-state index in [1.165, 1.54) is 0 Å². The molecule has 0 aromatic carbocycles. The summed E-state index contributed by atoms with van der Waals surface area (Å²) in [6.45, 7) is 19.4. The molecule has 4 unspecified atom stereocenters. The van der Waals surface area contributed by atoms with Crippen LogP contribution in [0.5, 0.6) is 0 Å². The number of urea groups is 1. The molecule has 0 aliphatic carbocycles. The average molecular weight is 601 g/mol. The highest BCUT2D eigenvalue weighted by Crippen LogP contribution is 2.47. The Balaban J connectivity index is 2.33. The first kappa shape index (κ1) is 35.2. The summed E-state index contributed by atoms with van der Waals surface area (Å²) in [5.41, 5.74) is 0.870. The van der Waals surface area contributed by atoms with Crippen molar-refractivity contribution in [3.63, 3.8) is 0 Å². The Hall–Kier alpha value is -1.04. The van der Waals surface area contributed by atoms with Crippen LogP contribution >= 0.6 is 23.5 Å². The molecule has 2 aliphatic rings. The number of nitrogens with zero attached hydrogens (tertiary/aromatic N) is 2. The molecule has 0 radical (unpaired) electrons. The molecule has 2 rings (SSSR count). The number of carbonyl (C=O) groups is 2. The van der Waals surface area contributed by atoms with Gasteiger partial charge in [-0.2, -0.15) is 0 Å². The van der Waals surface area contributed by atoms with Gasteiger partial charge in [-0.25, -0.2) is 4.79 Å². The van der Waals surface area contributed by atoms with Crippen molar-refractivity contribution >= 4 is 35.3 Å². The summed E-state index contributed by atoms with van der Waals surface area (Å²) in [6, 6.07) is -0.158. The lowest BCUT2D eigenvalue weighted by molar-refractivity contribution is -0.116. The molecule has 2 aliphatic heterocycles. The van der Waals surface area contributed by atoms with Crippen LogP contribution in [0.3, 0.4) is 0 Å².